The van der Waals surface area contributed by atoms with Gasteiger partial charge in [0.2, 0.25) is 0 Å². The highest BCUT2D eigenvalue weighted by molar-refractivity contribution is 8.18. The van der Waals surface area contributed by atoms with Crippen molar-refractivity contribution in [3.63, 3.8) is 0 Å². The van der Waals surface area contributed by atoms with Crippen LogP contribution in [0.2, 0.25) is 0 Å². The summed E-state index contributed by atoms with van der Waals surface area (Å²) >= 11 is 1.02. The Balaban J connectivity index is 2.04. The number of carbonyl (C=O) groups excluding carboxylic acids is 2. The molecule has 0 aromatic heterocycles. The third kappa shape index (κ3) is 2.88. The van der Waals surface area contributed by atoms with E-state index in [2.05, 4.69) is 0 Å². The number of nitrogens with zero attached hydrogens (tertiary/aromatic N) is 1. The lowest BCUT2D eigenvalue weighted by molar-refractivity contribution is -0.122. The van der Waals surface area contributed by atoms with Crippen LogP contribution in [-0.2, 0) is 9.53 Å². The highest BCUT2D eigenvalue weighted by atomic mass is 32.2. The Hall–Kier alpha value is -0.850. The zero-order valence-electron chi connectivity index (χ0n) is 9.55. The van der Waals surface area contributed by atoms with E-state index >= 15 is 0 Å². The van der Waals surface area contributed by atoms with Gasteiger partial charge in [0, 0.05) is 26.3 Å². The topological polar surface area (TPSA) is 72.6 Å². The number of allylic oxidation sites excluding steroid dienone is 1. The standard InChI is InChI=1S/C11H16N2O3S/c12-3-4-13-10(14)9(17-11(13)15)7-8-1-5-16-6-2-8/h7-8H,1-6,12H2. The van der Waals surface area contributed by atoms with E-state index in [-0.39, 0.29) is 11.1 Å². The summed E-state index contributed by atoms with van der Waals surface area (Å²) in [5.74, 6) is 0.151. The molecule has 0 saturated carbocycles. The van der Waals surface area contributed by atoms with Crippen molar-refractivity contribution in [2.24, 2.45) is 11.7 Å². The lowest BCUT2D eigenvalue weighted by Crippen LogP contribution is -2.33. The third-order valence-corrected chi connectivity index (χ3v) is 3.80. The second kappa shape index (κ2) is 5.66. The fraction of sp³-hybridized carbons (Fsp3) is 0.636. The monoisotopic (exact) mass is 256 g/mol. The molecule has 2 amide bonds. The molecule has 2 heterocycles. The Morgan fingerprint density at radius 2 is 2.12 bits per heavy atom. The van der Waals surface area contributed by atoms with E-state index in [1.165, 1.54) is 4.90 Å². The number of thioether (sulfide) groups is 1. The molecule has 5 nitrogen and oxygen atoms in total. The number of ether oxygens (including phenoxy) is 1. The first-order valence-electron chi connectivity index (χ1n) is 5.75. The molecule has 2 aliphatic rings. The number of rotatable bonds is 3. The molecule has 0 unspecified atom stereocenters. The van der Waals surface area contributed by atoms with Gasteiger partial charge in [0.25, 0.3) is 11.1 Å². The molecule has 0 aliphatic carbocycles. The van der Waals surface area contributed by atoms with E-state index < -0.39 is 0 Å². The highest BCUT2D eigenvalue weighted by Gasteiger charge is 2.34. The molecule has 94 valence electrons. The largest absolute Gasteiger partial charge is 0.381 e. The minimum atomic E-state index is -0.209. The summed E-state index contributed by atoms with van der Waals surface area (Å²) in [7, 11) is 0. The van der Waals surface area contributed by atoms with Gasteiger partial charge in [0.1, 0.15) is 0 Å². The summed E-state index contributed by atoms with van der Waals surface area (Å²) in [6.07, 6.45) is 3.76. The molecule has 2 rings (SSSR count). The third-order valence-electron chi connectivity index (χ3n) is 2.88. The van der Waals surface area contributed by atoms with Crippen LogP contribution in [0.3, 0.4) is 0 Å². The fourth-order valence-corrected chi connectivity index (χ4v) is 2.86. The number of nitrogens with two attached hydrogens (primary N) is 1. The summed E-state index contributed by atoms with van der Waals surface area (Å²) in [5.41, 5.74) is 5.37. The molecule has 0 aromatic carbocycles. The maximum absolute atomic E-state index is 11.9. The average Bonchev–Trinajstić information content (AvgIpc) is 2.59. The van der Waals surface area contributed by atoms with Crippen LogP contribution >= 0.6 is 11.8 Å². The lowest BCUT2D eigenvalue weighted by atomic mass is 10.00. The molecule has 2 N–H and O–H groups in total. The normalized spacial score (nSPS) is 25.0. The zero-order chi connectivity index (χ0) is 12.3. The SMILES string of the molecule is NCCN1C(=O)SC(=CC2CCOCC2)C1=O. The second-order valence-corrected chi connectivity index (χ2v) is 5.09. The van der Waals surface area contributed by atoms with Gasteiger partial charge in [-0.2, -0.15) is 0 Å². The number of amides is 2. The Morgan fingerprint density at radius 3 is 2.76 bits per heavy atom. The summed E-state index contributed by atoms with van der Waals surface area (Å²) in [6.45, 7) is 2.07. The van der Waals surface area contributed by atoms with Crippen LogP contribution in [0.1, 0.15) is 12.8 Å². The van der Waals surface area contributed by atoms with E-state index in [9.17, 15) is 9.59 Å². The number of carbonyl (C=O) groups is 2. The Kier molecular flexibility index (Phi) is 4.20. The summed E-state index contributed by atoms with van der Waals surface area (Å²) in [5, 5.41) is -0.209. The number of hydrogen-bond donors (Lipinski definition) is 1. The molecule has 2 aliphatic heterocycles. The van der Waals surface area contributed by atoms with Gasteiger partial charge in [-0.05, 0) is 30.5 Å². The minimum Gasteiger partial charge on any atom is -0.381 e. The fourth-order valence-electron chi connectivity index (χ4n) is 1.93. The van der Waals surface area contributed by atoms with Crippen molar-refractivity contribution in [1.29, 1.82) is 0 Å². The Morgan fingerprint density at radius 1 is 1.41 bits per heavy atom. The van der Waals surface area contributed by atoms with E-state index in [0.717, 1.165) is 37.8 Å². The molecule has 17 heavy (non-hydrogen) atoms. The molecule has 6 heteroatoms. The molecule has 0 bridgehead atoms. The van der Waals surface area contributed by atoms with Crippen LogP contribution in [0.25, 0.3) is 0 Å². The van der Waals surface area contributed by atoms with E-state index in [0.29, 0.717) is 23.9 Å². The molecule has 0 radical (unpaired) electrons. The second-order valence-electron chi connectivity index (χ2n) is 4.09. The number of imide groups is 1. The van der Waals surface area contributed by atoms with Gasteiger partial charge in [-0.25, -0.2) is 0 Å². The maximum Gasteiger partial charge on any atom is 0.293 e. The van der Waals surface area contributed by atoms with Crippen LogP contribution in [-0.4, -0.2) is 42.3 Å². The smallest absolute Gasteiger partial charge is 0.293 e. The van der Waals surface area contributed by atoms with Gasteiger partial charge in [0.05, 0.1) is 4.91 Å². The van der Waals surface area contributed by atoms with Gasteiger partial charge in [-0.3, -0.25) is 14.5 Å². The average molecular weight is 256 g/mol. The van der Waals surface area contributed by atoms with Crippen molar-refractivity contribution in [3.8, 4) is 0 Å². The van der Waals surface area contributed by atoms with Crippen LogP contribution in [0.5, 0.6) is 0 Å². The van der Waals surface area contributed by atoms with Crippen molar-refractivity contribution in [2.75, 3.05) is 26.3 Å². The number of hydrogen-bond acceptors (Lipinski definition) is 5. The maximum atomic E-state index is 11.9. The first kappa shape index (κ1) is 12.6. The zero-order valence-corrected chi connectivity index (χ0v) is 10.4. The van der Waals surface area contributed by atoms with Gasteiger partial charge in [-0.1, -0.05) is 6.08 Å². The van der Waals surface area contributed by atoms with Gasteiger partial charge in [0.15, 0.2) is 0 Å². The van der Waals surface area contributed by atoms with Crippen molar-refractivity contribution in [1.82, 2.24) is 4.90 Å². The van der Waals surface area contributed by atoms with Crippen LogP contribution in [0.15, 0.2) is 11.0 Å². The van der Waals surface area contributed by atoms with Gasteiger partial charge < -0.3 is 10.5 Å². The van der Waals surface area contributed by atoms with Gasteiger partial charge in [-0.15, -0.1) is 0 Å². The van der Waals surface area contributed by atoms with E-state index in [1.807, 2.05) is 6.08 Å². The predicted octanol–water partition coefficient (Wildman–Crippen LogP) is 0.951. The quantitative estimate of drug-likeness (QED) is 0.761. The van der Waals surface area contributed by atoms with Crippen molar-refractivity contribution in [3.05, 3.63) is 11.0 Å². The molecule has 2 saturated heterocycles. The summed E-state index contributed by atoms with van der Waals surface area (Å²) in [4.78, 5) is 25.3. The summed E-state index contributed by atoms with van der Waals surface area (Å²) in [6, 6.07) is 0. The van der Waals surface area contributed by atoms with E-state index in [1.54, 1.807) is 0 Å². The van der Waals surface area contributed by atoms with Crippen molar-refractivity contribution < 1.29 is 14.3 Å². The van der Waals surface area contributed by atoms with Crippen LogP contribution < -0.4 is 5.73 Å². The molecular formula is C11H16N2O3S. The van der Waals surface area contributed by atoms with Crippen LogP contribution in [0, 0.1) is 5.92 Å². The lowest BCUT2D eigenvalue weighted by Gasteiger charge is -2.19. The summed E-state index contributed by atoms with van der Waals surface area (Å²) < 4.78 is 5.26. The molecule has 0 atom stereocenters. The first-order chi connectivity index (χ1) is 8.22. The Labute approximate surface area is 104 Å². The molecule has 2 fully saturated rings. The van der Waals surface area contributed by atoms with Crippen LogP contribution in [0.4, 0.5) is 4.79 Å². The highest BCUT2D eigenvalue weighted by Crippen LogP contribution is 2.32. The van der Waals surface area contributed by atoms with Gasteiger partial charge >= 0.3 is 0 Å². The molecular weight excluding hydrogens is 240 g/mol. The predicted molar refractivity (Wildman–Crippen MR) is 65.4 cm³/mol. The minimum absolute atomic E-state index is 0.197. The van der Waals surface area contributed by atoms with Crippen molar-refractivity contribution in [2.45, 2.75) is 12.8 Å². The molecule has 0 spiro atoms. The van der Waals surface area contributed by atoms with E-state index in [4.69, 9.17) is 10.5 Å². The Bertz CT molecular complexity index is 351. The first-order valence-corrected chi connectivity index (χ1v) is 6.57. The van der Waals surface area contributed by atoms with Crippen molar-refractivity contribution >= 4 is 22.9 Å². The molecule has 0 aromatic rings.